The van der Waals surface area contributed by atoms with Crippen LogP contribution >= 0.6 is 11.8 Å². The highest BCUT2D eigenvalue weighted by molar-refractivity contribution is 7.99. The fourth-order valence-electron chi connectivity index (χ4n) is 1.71. The van der Waals surface area contributed by atoms with E-state index in [1.54, 1.807) is 6.07 Å². The van der Waals surface area contributed by atoms with Gasteiger partial charge in [-0.1, -0.05) is 19.1 Å². The summed E-state index contributed by atoms with van der Waals surface area (Å²) in [5, 5.41) is 8.46. The lowest BCUT2D eigenvalue weighted by Gasteiger charge is -2.08. The van der Waals surface area contributed by atoms with E-state index in [9.17, 15) is 9.59 Å². The van der Waals surface area contributed by atoms with E-state index in [1.165, 1.54) is 11.8 Å². The maximum absolute atomic E-state index is 11.8. The smallest absolute Gasteiger partial charge is 0.316 e. The third-order valence-corrected chi connectivity index (χ3v) is 4.11. The van der Waals surface area contributed by atoms with Gasteiger partial charge in [0.05, 0.1) is 11.0 Å². The van der Waals surface area contributed by atoms with E-state index >= 15 is 0 Å². The van der Waals surface area contributed by atoms with E-state index in [2.05, 4.69) is 9.97 Å². The van der Waals surface area contributed by atoms with E-state index in [0.29, 0.717) is 28.9 Å². The quantitative estimate of drug-likeness (QED) is 0.874. The van der Waals surface area contributed by atoms with Crippen molar-refractivity contribution in [3.05, 3.63) is 40.3 Å². The van der Waals surface area contributed by atoms with Gasteiger partial charge in [-0.3, -0.25) is 9.59 Å². The van der Waals surface area contributed by atoms with Gasteiger partial charge in [0.25, 0.3) is 5.56 Å². The summed E-state index contributed by atoms with van der Waals surface area (Å²) in [7, 11) is 0. The SMILES string of the molecule is CCC(SCc1nc2ccccc2[nH]c1=O)C(=O)O. The number of para-hydroxylation sites is 2. The molecule has 0 fully saturated rings. The minimum absolute atomic E-state index is 0.258. The van der Waals surface area contributed by atoms with Crippen LogP contribution in [0.4, 0.5) is 0 Å². The molecule has 2 N–H and O–H groups in total. The molecule has 0 aliphatic rings. The fourth-order valence-corrected chi connectivity index (χ4v) is 2.64. The number of hydrogen-bond donors (Lipinski definition) is 2. The minimum Gasteiger partial charge on any atom is -0.480 e. The van der Waals surface area contributed by atoms with Crippen molar-refractivity contribution >= 4 is 28.8 Å². The lowest BCUT2D eigenvalue weighted by molar-refractivity contribution is -0.136. The van der Waals surface area contributed by atoms with Crippen molar-refractivity contribution in [1.29, 1.82) is 0 Å². The first kappa shape index (κ1) is 13.6. The molecule has 1 aromatic carbocycles. The number of H-pyrrole nitrogens is 1. The van der Waals surface area contributed by atoms with Crippen molar-refractivity contribution in [2.75, 3.05) is 0 Å². The second kappa shape index (κ2) is 5.88. The molecule has 0 radical (unpaired) electrons. The van der Waals surface area contributed by atoms with Gasteiger partial charge in [0.15, 0.2) is 0 Å². The zero-order valence-corrected chi connectivity index (χ0v) is 11.2. The van der Waals surface area contributed by atoms with Crippen molar-refractivity contribution in [2.45, 2.75) is 24.3 Å². The summed E-state index contributed by atoms with van der Waals surface area (Å²) in [6.45, 7) is 1.81. The fraction of sp³-hybridized carbons (Fsp3) is 0.308. The van der Waals surface area contributed by atoms with Gasteiger partial charge in [-0.25, -0.2) is 4.98 Å². The average molecular weight is 278 g/mol. The van der Waals surface area contributed by atoms with E-state index in [0.717, 1.165) is 0 Å². The molecule has 6 heteroatoms. The summed E-state index contributed by atoms with van der Waals surface area (Å²) in [6, 6.07) is 7.27. The molecule has 100 valence electrons. The Morgan fingerprint density at radius 3 is 2.89 bits per heavy atom. The molecule has 0 amide bonds. The van der Waals surface area contributed by atoms with E-state index in [1.807, 2.05) is 25.1 Å². The van der Waals surface area contributed by atoms with E-state index < -0.39 is 11.2 Å². The Morgan fingerprint density at radius 1 is 1.47 bits per heavy atom. The van der Waals surface area contributed by atoms with Crippen LogP contribution < -0.4 is 5.56 Å². The molecule has 5 nitrogen and oxygen atoms in total. The standard InChI is InChI=1S/C13H14N2O3S/c1-2-11(13(17)18)19-7-10-12(16)15-9-6-4-3-5-8(9)14-10/h3-6,11H,2,7H2,1H3,(H,15,16)(H,17,18). The lowest BCUT2D eigenvalue weighted by atomic mass is 10.3. The number of hydrogen-bond acceptors (Lipinski definition) is 4. The molecule has 0 spiro atoms. The number of aromatic amines is 1. The number of carboxylic acids is 1. The Balaban J connectivity index is 2.23. The molecule has 19 heavy (non-hydrogen) atoms. The summed E-state index contributed by atoms with van der Waals surface area (Å²) in [5.41, 5.74) is 1.50. The normalized spacial score (nSPS) is 12.5. The molecule has 1 aromatic heterocycles. The molecule has 1 heterocycles. The number of carboxylic acid groups (broad SMARTS) is 1. The first-order valence-electron chi connectivity index (χ1n) is 5.94. The Bertz CT molecular complexity index is 654. The molecule has 0 saturated heterocycles. The van der Waals surface area contributed by atoms with Crippen LogP contribution in [0.5, 0.6) is 0 Å². The third-order valence-electron chi connectivity index (χ3n) is 2.74. The molecule has 2 rings (SSSR count). The number of rotatable bonds is 5. The van der Waals surface area contributed by atoms with Gasteiger partial charge in [0, 0.05) is 5.75 Å². The zero-order chi connectivity index (χ0) is 13.8. The van der Waals surface area contributed by atoms with Gasteiger partial charge >= 0.3 is 5.97 Å². The summed E-state index contributed by atoms with van der Waals surface area (Å²) >= 11 is 1.22. The Kier molecular flexibility index (Phi) is 4.21. The second-order valence-electron chi connectivity index (χ2n) is 4.08. The summed E-state index contributed by atoms with van der Waals surface area (Å²) in [4.78, 5) is 29.8. The average Bonchev–Trinajstić information content (AvgIpc) is 2.39. The van der Waals surface area contributed by atoms with Crippen molar-refractivity contribution in [2.24, 2.45) is 0 Å². The first-order chi connectivity index (χ1) is 9.11. The van der Waals surface area contributed by atoms with Crippen LogP contribution in [0.3, 0.4) is 0 Å². The Labute approximate surface area is 114 Å². The summed E-state index contributed by atoms with van der Waals surface area (Å²) in [6.07, 6.45) is 0.519. The van der Waals surface area contributed by atoms with Crippen LogP contribution in [0.2, 0.25) is 0 Å². The molecule has 0 aliphatic heterocycles. The number of nitrogens with zero attached hydrogens (tertiary/aromatic N) is 1. The van der Waals surface area contributed by atoms with Crippen LogP contribution in [0.25, 0.3) is 11.0 Å². The number of carbonyl (C=O) groups is 1. The summed E-state index contributed by atoms with van der Waals surface area (Å²) in [5.74, 6) is -0.560. The van der Waals surface area contributed by atoms with Crippen LogP contribution in [-0.2, 0) is 10.5 Å². The van der Waals surface area contributed by atoms with Gasteiger partial charge in [-0.15, -0.1) is 11.8 Å². The zero-order valence-electron chi connectivity index (χ0n) is 10.4. The van der Waals surface area contributed by atoms with Crippen LogP contribution in [-0.4, -0.2) is 26.3 Å². The molecule has 0 saturated carbocycles. The highest BCUT2D eigenvalue weighted by atomic mass is 32.2. The molecular formula is C13H14N2O3S. The molecule has 0 bridgehead atoms. The van der Waals surface area contributed by atoms with Crippen molar-refractivity contribution in [3.63, 3.8) is 0 Å². The second-order valence-corrected chi connectivity index (χ2v) is 5.27. The monoisotopic (exact) mass is 278 g/mol. The Hall–Kier alpha value is -1.82. The van der Waals surface area contributed by atoms with Crippen molar-refractivity contribution in [3.8, 4) is 0 Å². The first-order valence-corrected chi connectivity index (χ1v) is 6.99. The molecule has 1 unspecified atom stereocenters. The maximum Gasteiger partial charge on any atom is 0.316 e. The van der Waals surface area contributed by atoms with E-state index in [4.69, 9.17) is 5.11 Å². The molecule has 1 atom stereocenters. The highest BCUT2D eigenvalue weighted by Crippen LogP contribution is 2.18. The molecule has 0 aliphatic carbocycles. The van der Waals surface area contributed by atoms with Gasteiger partial charge in [-0.05, 0) is 18.6 Å². The largest absolute Gasteiger partial charge is 0.480 e. The van der Waals surface area contributed by atoms with Crippen LogP contribution in [0.1, 0.15) is 19.0 Å². The number of aromatic nitrogens is 2. The number of thioether (sulfide) groups is 1. The lowest BCUT2D eigenvalue weighted by Crippen LogP contribution is -2.18. The van der Waals surface area contributed by atoms with Crippen molar-refractivity contribution < 1.29 is 9.90 Å². The number of nitrogens with one attached hydrogen (secondary N) is 1. The number of aliphatic carboxylic acids is 1. The number of fused-ring (bicyclic) bond motifs is 1. The topological polar surface area (TPSA) is 83.0 Å². The van der Waals surface area contributed by atoms with Gasteiger partial charge in [0.1, 0.15) is 10.9 Å². The third kappa shape index (κ3) is 3.14. The predicted molar refractivity (Wildman–Crippen MR) is 75.4 cm³/mol. The van der Waals surface area contributed by atoms with Gasteiger partial charge < -0.3 is 10.1 Å². The maximum atomic E-state index is 11.8. The van der Waals surface area contributed by atoms with Crippen LogP contribution in [0.15, 0.2) is 29.1 Å². The highest BCUT2D eigenvalue weighted by Gasteiger charge is 2.16. The van der Waals surface area contributed by atoms with E-state index in [-0.39, 0.29) is 5.56 Å². The van der Waals surface area contributed by atoms with Gasteiger partial charge in [-0.2, -0.15) is 0 Å². The van der Waals surface area contributed by atoms with Gasteiger partial charge in [0.2, 0.25) is 0 Å². The summed E-state index contributed by atoms with van der Waals surface area (Å²) < 4.78 is 0. The minimum atomic E-state index is -0.857. The molecular weight excluding hydrogens is 264 g/mol. The van der Waals surface area contributed by atoms with Crippen LogP contribution in [0, 0.1) is 0 Å². The predicted octanol–water partition coefficient (Wildman–Crippen LogP) is 2.02. The number of benzene rings is 1. The molecule has 2 aromatic rings. The Morgan fingerprint density at radius 2 is 2.21 bits per heavy atom. The van der Waals surface area contributed by atoms with Crippen molar-refractivity contribution in [1.82, 2.24) is 9.97 Å².